The van der Waals surface area contributed by atoms with Crippen LogP contribution in [0.1, 0.15) is 32.4 Å². The lowest BCUT2D eigenvalue weighted by Crippen LogP contribution is -2.71. The molecule has 4 N–H and O–H groups in total. The minimum atomic E-state index is -2.47. The third-order valence-corrected chi connectivity index (χ3v) is 14.5. The Labute approximate surface area is 324 Å². The number of hydrogen-bond acceptors (Lipinski definition) is 7. The summed E-state index contributed by atoms with van der Waals surface area (Å²) in [5, 5.41) is 28.4. The van der Waals surface area contributed by atoms with Gasteiger partial charge in [0.25, 0.3) is 5.91 Å². The Bertz CT molecular complexity index is 1860. The molecule has 0 aliphatic carbocycles. The number of carbonyl (C=O) groups is 4. The van der Waals surface area contributed by atoms with Gasteiger partial charge >= 0.3 is 12.1 Å². The molecular weight excluding hydrogens is 812 g/mol. The van der Waals surface area contributed by atoms with Crippen LogP contribution in [0, 0.1) is 0 Å². The fraction of sp³-hybridized carbons (Fsp3) is 0.231. The van der Waals surface area contributed by atoms with Gasteiger partial charge in [-0.25, -0.2) is 9.59 Å². The van der Waals surface area contributed by atoms with Crippen LogP contribution in [0.3, 0.4) is 0 Å². The molecule has 3 atom stereocenters. The minimum Gasteiger partial charge on any atom is -0.508 e. The smallest absolute Gasteiger partial charge is 0.408 e. The second kappa shape index (κ2) is 16.1. The van der Waals surface area contributed by atoms with E-state index in [1.807, 2.05) is 54.6 Å². The van der Waals surface area contributed by atoms with Crippen molar-refractivity contribution >= 4 is 82.8 Å². The van der Waals surface area contributed by atoms with Gasteiger partial charge in [0.2, 0.25) is 5.91 Å². The number of aromatic hydroxyl groups is 1. The molecule has 3 amide bonds. The Kier molecular flexibility index (Phi) is 12.0. The van der Waals surface area contributed by atoms with Crippen LogP contribution in [0.2, 0.25) is 0 Å². The number of fused-ring (bicyclic) bond motifs is 1. The van der Waals surface area contributed by atoms with Gasteiger partial charge in [-0.05, 0) is 74.9 Å². The number of phenols is 1. The average molecular weight is 853 g/mol. The molecule has 0 bridgehead atoms. The minimum absolute atomic E-state index is 0. The highest BCUT2D eigenvalue weighted by Crippen LogP contribution is 2.58. The normalized spacial score (nSPS) is 17.5. The molecule has 2 aliphatic rings. The maximum absolute atomic E-state index is 13.8. The molecule has 6 rings (SSSR count). The summed E-state index contributed by atoms with van der Waals surface area (Å²) >= 11 is 1.40. The molecule has 4 aromatic rings. The maximum Gasteiger partial charge on any atom is 0.408 e. The number of amides is 3. The lowest BCUT2D eigenvalue weighted by molar-refractivity contribution is -0.151. The number of alkyl carbamates (subject to hydrolysis) is 1. The van der Waals surface area contributed by atoms with Crippen molar-refractivity contribution in [2.45, 2.75) is 43.8 Å². The van der Waals surface area contributed by atoms with E-state index in [4.69, 9.17) is 4.74 Å². The zero-order valence-electron chi connectivity index (χ0n) is 28.8. The molecule has 1 fully saturated rings. The lowest BCUT2D eigenvalue weighted by Gasteiger charge is -2.49. The highest BCUT2D eigenvalue weighted by molar-refractivity contribution is 14.0. The van der Waals surface area contributed by atoms with Crippen LogP contribution in [-0.4, -0.2) is 67.9 Å². The summed E-state index contributed by atoms with van der Waals surface area (Å²) < 4.78 is 5.38. The van der Waals surface area contributed by atoms with Gasteiger partial charge in [-0.1, -0.05) is 66.7 Å². The summed E-state index contributed by atoms with van der Waals surface area (Å²) in [5.41, 5.74) is 0.0957. The van der Waals surface area contributed by atoms with Crippen LogP contribution < -0.4 is 26.5 Å². The number of carboxylic acid groups (broad SMARTS) is 1. The Morgan fingerprint density at radius 2 is 1.37 bits per heavy atom. The van der Waals surface area contributed by atoms with E-state index >= 15 is 0 Å². The van der Waals surface area contributed by atoms with Crippen molar-refractivity contribution in [3.8, 4) is 5.75 Å². The fourth-order valence-corrected chi connectivity index (χ4v) is 12.3. The number of hydrogen-bond donors (Lipinski definition) is 4. The van der Waals surface area contributed by atoms with Gasteiger partial charge < -0.3 is 25.6 Å². The standard InChI is InChI=1S/C39H38N3O7PS.HI/c1-39(2,3)49-38(48)41-31(25-19-21-27(43)22-20-25)34(44)40-32-35(45)42-33(37(46)47)26(24-51-36(32)42)23-50(28-13-7-4-8-14-28,29-15-9-5-10-16-29)30-17-11-6-12-18-30;/h4-22,31-32,36H,23-24H2,1-3H3,(H3-,40,41,43,44,46,47,48);1H/p+1/t31?,32-,36+;/m1./s1. The van der Waals surface area contributed by atoms with Gasteiger partial charge in [-0.2, -0.15) is 0 Å². The summed E-state index contributed by atoms with van der Waals surface area (Å²) in [5.74, 6) is -2.15. The third-order valence-electron chi connectivity index (χ3n) is 8.72. The number of nitrogens with zero attached hydrogens (tertiary/aromatic N) is 1. The van der Waals surface area contributed by atoms with Gasteiger partial charge in [-0.3, -0.25) is 14.5 Å². The summed E-state index contributed by atoms with van der Waals surface area (Å²) in [6, 6.07) is 33.8. The number of rotatable bonds is 10. The largest absolute Gasteiger partial charge is 0.508 e. The summed E-state index contributed by atoms with van der Waals surface area (Å²) in [7, 11) is -2.47. The van der Waals surface area contributed by atoms with Crippen LogP contribution in [0.25, 0.3) is 0 Å². The predicted molar refractivity (Wildman–Crippen MR) is 215 cm³/mol. The average Bonchev–Trinajstić information content (AvgIpc) is 3.12. The number of β-lactam (4-membered cyclic amide) rings is 1. The number of benzene rings is 4. The van der Waals surface area contributed by atoms with Crippen molar-refractivity contribution in [1.29, 1.82) is 0 Å². The van der Waals surface area contributed by atoms with Crippen LogP contribution in [-0.2, 0) is 19.1 Å². The van der Waals surface area contributed by atoms with E-state index in [0.717, 1.165) is 15.9 Å². The molecule has 270 valence electrons. The number of nitrogens with one attached hydrogen (secondary N) is 2. The van der Waals surface area contributed by atoms with E-state index in [-0.39, 0.29) is 35.4 Å². The van der Waals surface area contributed by atoms with Crippen molar-refractivity contribution < 1.29 is 34.1 Å². The Morgan fingerprint density at radius 1 is 0.865 bits per heavy atom. The number of phenolic OH excluding ortho intramolecular Hbond substituents is 1. The van der Waals surface area contributed by atoms with Crippen LogP contribution >= 0.6 is 43.0 Å². The molecule has 4 aromatic carbocycles. The highest BCUT2D eigenvalue weighted by Gasteiger charge is 2.56. The molecule has 1 unspecified atom stereocenters. The molecule has 0 radical (unpaired) electrons. The van der Waals surface area contributed by atoms with Crippen molar-refractivity contribution in [2.75, 3.05) is 11.9 Å². The number of carbonyl (C=O) groups excluding carboxylic acids is 3. The first kappa shape index (κ1) is 38.8. The quantitative estimate of drug-likeness (QED) is 0.0956. The van der Waals surface area contributed by atoms with E-state index < -0.39 is 54.2 Å². The number of carboxylic acids is 1. The fourth-order valence-electron chi connectivity index (χ4n) is 6.49. The Morgan fingerprint density at radius 3 is 1.83 bits per heavy atom. The SMILES string of the molecule is CC(C)(C)OC(=O)NC(C(=O)N[C@@H]1C(=O)N2C(C(=O)O)=C(C[P+](c3ccccc3)(c3ccccc3)c3ccccc3)CS[C@@H]12)c1ccc(O)cc1.I. The van der Waals surface area contributed by atoms with Gasteiger partial charge in [0, 0.05) is 11.3 Å². The first-order chi connectivity index (χ1) is 24.4. The van der Waals surface area contributed by atoms with Crippen LogP contribution in [0.15, 0.2) is 127 Å². The monoisotopic (exact) mass is 852 g/mol. The molecule has 13 heteroatoms. The molecular formula is C39H40IN3O7PS+. The van der Waals surface area contributed by atoms with Crippen LogP contribution in [0.5, 0.6) is 5.75 Å². The van der Waals surface area contributed by atoms with E-state index in [1.54, 1.807) is 20.8 Å². The van der Waals surface area contributed by atoms with E-state index in [1.165, 1.54) is 40.9 Å². The summed E-state index contributed by atoms with van der Waals surface area (Å²) in [6.07, 6.45) is -0.442. The second-order valence-corrected chi connectivity index (χ2v) is 17.9. The topological polar surface area (TPSA) is 145 Å². The van der Waals surface area contributed by atoms with Gasteiger partial charge in [0.05, 0.1) is 6.16 Å². The van der Waals surface area contributed by atoms with Crippen molar-refractivity contribution in [2.24, 2.45) is 0 Å². The van der Waals surface area contributed by atoms with Crippen molar-refractivity contribution in [3.05, 3.63) is 132 Å². The molecule has 2 aliphatic heterocycles. The number of ether oxygens (including phenoxy) is 1. The predicted octanol–water partition coefficient (Wildman–Crippen LogP) is 5.31. The Hall–Kier alpha value is -4.39. The molecule has 0 aromatic heterocycles. The summed E-state index contributed by atoms with van der Waals surface area (Å²) in [4.78, 5) is 54.7. The lowest BCUT2D eigenvalue weighted by atomic mass is 10.0. The van der Waals surface area contributed by atoms with Crippen LogP contribution in [0.4, 0.5) is 4.79 Å². The molecule has 0 saturated carbocycles. The highest BCUT2D eigenvalue weighted by atomic mass is 127. The van der Waals surface area contributed by atoms with Gasteiger partial charge in [0.1, 0.15) is 57.7 Å². The summed E-state index contributed by atoms with van der Waals surface area (Å²) in [6.45, 7) is 5.08. The van der Waals surface area contributed by atoms with E-state index in [2.05, 4.69) is 47.0 Å². The van der Waals surface area contributed by atoms with Gasteiger partial charge in [-0.15, -0.1) is 35.7 Å². The third kappa shape index (κ3) is 7.99. The first-order valence-corrected chi connectivity index (χ1v) is 19.4. The molecule has 10 nitrogen and oxygen atoms in total. The molecule has 2 heterocycles. The van der Waals surface area contributed by atoms with Crippen molar-refractivity contribution in [3.63, 3.8) is 0 Å². The van der Waals surface area contributed by atoms with E-state index in [0.29, 0.717) is 23.1 Å². The van der Waals surface area contributed by atoms with E-state index in [9.17, 15) is 29.4 Å². The molecule has 0 spiro atoms. The zero-order valence-corrected chi connectivity index (χ0v) is 32.8. The van der Waals surface area contributed by atoms with Gasteiger partial charge in [0.15, 0.2) is 0 Å². The Balaban J connectivity index is 0.00000523. The number of aliphatic carboxylic acids is 1. The zero-order chi connectivity index (χ0) is 36.3. The van der Waals surface area contributed by atoms with Crippen molar-refractivity contribution in [1.82, 2.24) is 15.5 Å². The first-order valence-electron chi connectivity index (χ1n) is 16.4. The molecule has 52 heavy (non-hydrogen) atoms. The second-order valence-electron chi connectivity index (χ2n) is 13.3. The maximum atomic E-state index is 13.8. The molecule has 1 saturated heterocycles. The number of thioether (sulfide) groups is 1. The number of halogens is 1.